The van der Waals surface area contributed by atoms with Crippen molar-refractivity contribution in [1.82, 2.24) is 19.7 Å². The summed E-state index contributed by atoms with van der Waals surface area (Å²) >= 11 is 3.50. The molecule has 2 aromatic heterocycles. The van der Waals surface area contributed by atoms with Crippen molar-refractivity contribution in [3.63, 3.8) is 0 Å². The van der Waals surface area contributed by atoms with E-state index in [9.17, 15) is 0 Å². The number of nitrogens with zero attached hydrogens (tertiary/aromatic N) is 4. The molecule has 4 aromatic rings. The maximum Gasteiger partial charge on any atom is 0.137 e. The van der Waals surface area contributed by atoms with Crippen molar-refractivity contribution >= 4 is 32.7 Å². The van der Waals surface area contributed by atoms with Crippen LogP contribution in [0, 0.1) is 0 Å². The number of para-hydroxylation sites is 1. The van der Waals surface area contributed by atoms with E-state index in [4.69, 9.17) is 0 Å². The van der Waals surface area contributed by atoms with E-state index in [2.05, 4.69) is 36.3 Å². The molecule has 1 N–H and O–H groups in total. The Morgan fingerprint density at radius 2 is 1.92 bits per heavy atom. The number of rotatable bonds is 4. The maximum atomic E-state index is 4.41. The SMILES string of the molecule is Brc1ccc2ncnc(NCc3cnn(-c4ccccc4)c3)c2c1. The van der Waals surface area contributed by atoms with Gasteiger partial charge in [0.15, 0.2) is 0 Å². The highest BCUT2D eigenvalue weighted by Crippen LogP contribution is 2.23. The van der Waals surface area contributed by atoms with Crippen molar-refractivity contribution in [3.05, 3.63) is 77.3 Å². The molecule has 0 fully saturated rings. The summed E-state index contributed by atoms with van der Waals surface area (Å²) in [5, 5.41) is 8.77. The zero-order chi connectivity index (χ0) is 16.4. The molecule has 0 aliphatic rings. The van der Waals surface area contributed by atoms with Gasteiger partial charge in [-0.05, 0) is 30.3 Å². The van der Waals surface area contributed by atoms with Crippen molar-refractivity contribution in [1.29, 1.82) is 0 Å². The molecule has 0 spiro atoms. The first-order chi connectivity index (χ1) is 11.8. The van der Waals surface area contributed by atoms with Crippen molar-refractivity contribution in [2.24, 2.45) is 0 Å². The van der Waals surface area contributed by atoms with Crippen LogP contribution in [0.2, 0.25) is 0 Å². The maximum absolute atomic E-state index is 4.41. The predicted molar refractivity (Wildman–Crippen MR) is 98.1 cm³/mol. The van der Waals surface area contributed by atoms with Gasteiger partial charge in [0.2, 0.25) is 0 Å². The Bertz CT molecular complexity index is 981. The standard InChI is InChI=1S/C18H14BrN5/c19-14-6-7-17-16(8-14)18(22-12-21-17)20-9-13-10-23-24(11-13)15-4-2-1-3-5-15/h1-8,10-12H,9H2,(H,20,21,22). The number of benzene rings is 2. The highest BCUT2D eigenvalue weighted by molar-refractivity contribution is 9.10. The van der Waals surface area contributed by atoms with Gasteiger partial charge >= 0.3 is 0 Å². The highest BCUT2D eigenvalue weighted by atomic mass is 79.9. The molecule has 0 saturated carbocycles. The smallest absolute Gasteiger partial charge is 0.137 e. The number of hydrogen-bond acceptors (Lipinski definition) is 4. The summed E-state index contributed by atoms with van der Waals surface area (Å²) in [6.45, 7) is 0.644. The van der Waals surface area contributed by atoms with Crippen LogP contribution in [0.3, 0.4) is 0 Å². The van der Waals surface area contributed by atoms with Crippen LogP contribution in [-0.4, -0.2) is 19.7 Å². The Kier molecular flexibility index (Phi) is 3.96. The summed E-state index contributed by atoms with van der Waals surface area (Å²) in [6.07, 6.45) is 5.45. The molecule has 0 bridgehead atoms. The van der Waals surface area contributed by atoms with E-state index in [1.54, 1.807) is 6.33 Å². The summed E-state index contributed by atoms with van der Waals surface area (Å²) in [5.74, 6) is 0.814. The molecule has 118 valence electrons. The molecule has 0 amide bonds. The third kappa shape index (κ3) is 3.00. The monoisotopic (exact) mass is 379 g/mol. The Morgan fingerprint density at radius 1 is 1.04 bits per heavy atom. The van der Waals surface area contributed by atoms with Gasteiger partial charge in [-0.2, -0.15) is 5.10 Å². The zero-order valence-electron chi connectivity index (χ0n) is 12.7. The molecule has 0 radical (unpaired) electrons. The highest BCUT2D eigenvalue weighted by Gasteiger charge is 2.06. The summed E-state index contributed by atoms with van der Waals surface area (Å²) in [6, 6.07) is 16.0. The first kappa shape index (κ1) is 14.8. The number of halogens is 1. The average Bonchev–Trinajstić information content (AvgIpc) is 3.10. The largest absolute Gasteiger partial charge is 0.365 e. The van der Waals surface area contributed by atoms with Gasteiger partial charge in [-0.15, -0.1) is 0 Å². The summed E-state index contributed by atoms with van der Waals surface area (Å²) in [5.41, 5.74) is 3.04. The fraction of sp³-hybridized carbons (Fsp3) is 0.0556. The second-order valence-electron chi connectivity index (χ2n) is 5.37. The summed E-state index contributed by atoms with van der Waals surface area (Å²) < 4.78 is 2.87. The Morgan fingerprint density at radius 3 is 2.79 bits per heavy atom. The lowest BCUT2D eigenvalue weighted by atomic mass is 10.2. The Hall–Kier alpha value is -2.73. The van der Waals surface area contributed by atoms with Gasteiger partial charge < -0.3 is 5.32 Å². The van der Waals surface area contributed by atoms with Crippen LogP contribution in [0.15, 0.2) is 71.7 Å². The molecule has 6 heteroatoms. The van der Waals surface area contributed by atoms with Crippen LogP contribution in [0.25, 0.3) is 16.6 Å². The third-order valence-corrected chi connectivity index (χ3v) is 4.21. The molecule has 0 saturated heterocycles. The van der Waals surface area contributed by atoms with Gasteiger partial charge in [-0.3, -0.25) is 0 Å². The molecule has 0 unspecified atom stereocenters. The molecule has 0 atom stereocenters. The van der Waals surface area contributed by atoms with Crippen molar-refractivity contribution in [3.8, 4) is 5.69 Å². The number of nitrogens with one attached hydrogen (secondary N) is 1. The zero-order valence-corrected chi connectivity index (χ0v) is 14.3. The van der Waals surface area contributed by atoms with Crippen molar-refractivity contribution in [2.75, 3.05) is 5.32 Å². The molecule has 2 aromatic carbocycles. The van der Waals surface area contributed by atoms with Crippen LogP contribution in [-0.2, 0) is 6.54 Å². The normalized spacial score (nSPS) is 10.9. The van der Waals surface area contributed by atoms with E-state index in [1.165, 1.54) is 0 Å². The first-order valence-corrected chi connectivity index (χ1v) is 8.32. The van der Waals surface area contributed by atoms with E-state index >= 15 is 0 Å². The minimum atomic E-state index is 0.644. The second kappa shape index (κ2) is 6.41. The quantitative estimate of drug-likeness (QED) is 0.577. The van der Waals surface area contributed by atoms with E-state index in [0.717, 1.165) is 32.4 Å². The van der Waals surface area contributed by atoms with Crippen LogP contribution in [0.4, 0.5) is 5.82 Å². The molecule has 0 aliphatic heterocycles. The fourth-order valence-electron chi connectivity index (χ4n) is 2.53. The van der Waals surface area contributed by atoms with Crippen LogP contribution < -0.4 is 5.32 Å². The van der Waals surface area contributed by atoms with E-state index in [-0.39, 0.29) is 0 Å². The molecule has 2 heterocycles. The van der Waals surface area contributed by atoms with Gasteiger partial charge in [0, 0.05) is 28.2 Å². The minimum absolute atomic E-state index is 0.644. The van der Waals surface area contributed by atoms with Gasteiger partial charge in [0.1, 0.15) is 12.1 Å². The van der Waals surface area contributed by atoms with Gasteiger partial charge in [-0.25, -0.2) is 14.6 Å². The topological polar surface area (TPSA) is 55.6 Å². The van der Waals surface area contributed by atoms with E-state index in [0.29, 0.717) is 6.54 Å². The number of anilines is 1. The van der Waals surface area contributed by atoms with E-state index < -0.39 is 0 Å². The lowest BCUT2D eigenvalue weighted by Crippen LogP contribution is -2.02. The lowest BCUT2D eigenvalue weighted by Gasteiger charge is -2.07. The molecule has 24 heavy (non-hydrogen) atoms. The van der Waals surface area contributed by atoms with Gasteiger partial charge in [-0.1, -0.05) is 34.1 Å². The van der Waals surface area contributed by atoms with Gasteiger partial charge in [0.25, 0.3) is 0 Å². The lowest BCUT2D eigenvalue weighted by molar-refractivity contribution is 0.880. The molecule has 4 rings (SSSR count). The Labute approximate surface area is 147 Å². The van der Waals surface area contributed by atoms with Crippen LogP contribution in [0.5, 0.6) is 0 Å². The van der Waals surface area contributed by atoms with Crippen molar-refractivity contribution < 1.29 is 0 Å². The average molecular weight is 380 g/mol. The Balaban J connectivity index is 1.56. The molecular formula is C18H14BrN5. The summed E-state index contributed by atoms with van der Waals surface area (Å²) in [4.78, 5) is 8.65. The first-order valence-electron chi connectivity index (χ1n) is 7.53. The minimum Gasteiger partial charge on any atom is -0.365 e. The second-order valence-corrected chi connectivity index (χ2v) is 6.28. The van der Waals surface area contributed by atoms with E-state index in [1.807, 2.05) is 65.6 Å². The molecule has 0 aliphatic carbocycles. The number of hydrogen-bond donors (Lipinski definition) is 1. The number of aromatic nitrogens is 4. The van der Waals surface area contributed by atoms with Crippen LogP contribution >= 0.6 is 15.9 Å². The molecule has 5 nitrogen and oxygen atoms in total. The fourth-order valence-corrected chi connectivity index (χ4v) is 2.89. The number of fused-ring (bicyclic) bond motifs is 1. The summed E-state index contributed by atoms with van der Waals surface area (Å²) in [7, 11) is 0. The van der Waals surface area contributed by atoms with Gasteiger partial charge in [0.05, 0.1) is 17.4 Å². The van der Waals surface area contributed by atoms with Crippen molar-refractivity contribution in [2.45, 2.75) is 6.54 Å². The predicted octanol–water partition coefficient (Wildman–Crippen LogP) is 4.19. The molecular weight excluding hydrogens is 366 g/mol. The van der Waals surface area contributed by atoms with Crippen LogP contribution in [0.1, 0.15) is 5.56 Å². The third-order valence-electron chi connectivity index (χ3n) is 3.71.